The fourth-order valence-electron chi connectivity index (χ4n) is 4.24. The molecule has 0 aliphatic rings. The lowest BCUT2D eigenvalue weighted by Gasteiger charge is -2.19. The number of methoxy groups -OCH3 is 2. The van der Waals surface area contributed by atoms with Crippen molar-refractivity contribution in [2.75, 3.05) is 57.7 Å². The van der Waals surface area contributed by atoms with E-state index >= 15 is 0 Å². The Morgan fingerprint density at radius 3 is 2.59 bits per heavy atom. The maximum atomic E-state index is 12.7. The third kappa shape index (κ3) is 8.89. The number of halogens is 1. The summed E-state index contributed by atoms with van der Waals surface area (Å²) in [6.45, 7) is 3.26. The third-order valence-electron chi connectivity index (χ3n) is 6.52. The number of carbonyl (C=O) groups excluding carboxylic acids is 1. The molecular weight excluding hydrogens is 584 g/mol. The number of aromatic hydroxyl groups is 1. The van der Waals surface area contributed by atoms with Gasteiger partial charge in [0.2, 0.25) is 5.91 Å². The Labute approximate surface area is 260 Å². The van der Waals surface area contributed by atoms with Gasteiger partial charge < -0.3 is 30.0 Å². The number of amides is 1. The minimum absolute atomic E-state index is 0.165. The van der Waals surface area contributed by atoms with Crippen molar-refractivity contribution in [3.8, 4) is 17.6 Å². The molecule has 11 nitrogen and oxygen atoms in total. The fraction of sp³-hybridized carbons (Fsp3) is 0.250. The molecule has 2 aromatic heterocycles. The monoisotopic (exact) mass is 616 g/mol. The Morgan fingerprint density at radius 1 is 1.11 bits per heavy atom. The van der Waals surface area contributed by atoms with Crippen molar-refractivity contribution in [3.63, 3.8) is 0 Å². The van der Waals surface area contributed by atoms with Crippen molar-refractivity contribution in [2.45, 2.75) is 6.61 Å². The number of benzene rings is 2. The van der Waals surface area contributed by atoms with E-state index in [9.17, 15) is 15.2 Å². The van der Waals surface area contributed by atoms with E-state index in [-0.39, 0.29) is 23.6 Å². The van der Waals surface area contributed by atoms with Gasteiger partial charge in [-0.15, -0.1) is 0 Å². The topological polar surface area (TPSA) is 142 Å². The molecule has 12 heteroatoms. The van der Waals surface area contributed by atoms with Gasteiger partial charge in [0.05, 0.1) is 46.4 Å². The van der Waals surface area contributed by atoms with Gasteiger partial charge in [-0.25, -0.2) is 0 Å². The van der Waals surface area contributed by atoms with Crippen molar-refractivity contribution in [2.24, 2.45) is 0 Å². The van der Waals surface area contributed by atoms with Crippen LogP contribution in [-0.4, -0.2) is 72.9 Å². The maximum Gasteiger partial charge on any atom is 0.248 e. The first-order chi connectivity index (χ1) is 21.4. The van der Waals surface area contributed by atoms with Crippen LogP contribution in [0.25, 0.3) is 10.9 Å². The van der Waals surface area contributed by atoms with E-state index in [1.807, 2.05) is 18.2 Å². The van der Waals surface area contributed by atoms with Crippen LogP contribution in [0.15, 0.2) is 73.1 Å². The molecule has 4 rings (SSSR count). The highest BCUT2D eigenvalue weighted by Crippen LogP contribution is 2.37. The average molecular weight is 617 g/mol. The summed E-state index contributed by atoms with van der Waals surface area (Å²) < 4.78 is 16.1. The second-order valence-electron chi connectivity index (χ2n) is 9.60. The standard InChI is InChI=1S/C32H33ClN6O5/c1-42-14-12-39(13-15-43-2)11-5-7-31(41)38-28-17-25-27(18-29(28)40)36-20-22(19-34)32(25)37-23-8-9-30(26(33)16-23)44-21-24-6-3-4-10-35-24/h3-10,16-18,20,40H,11-15,21H2,1-2H3,(H,36,37)(H,38,41)/b7-5+. The van der Waals surface area contributed by atoms with Gasteiger partial charge in [-0.1, -0.05) is 23.7 Å². The number of aromatic nitrogens is 2. The average Bonchev–Trinajstić information content (AvgIpc) is 3.03. The lowest BCUT2D eigenvalue weighted by atomic mass is 10.1. The van der Waals surface area contributed by atoms with Crippen molar-refractivity contribution < 1.29 is 24.1 Å². The molecule has 44 heavy (non-hydrogen) atoms. The first kappa shape index (κ1) is 32.2. The molecule has 0 spiro atoms. The largest absolute Gasteiger partial charge is 0.506 e. The zero-order valence-corrected chi connectivity index (χ0v) is 25.2. The summed E-state index contributed by atoms with van der Waals surface area (Å²) in [7, 11) is 3.27. The second kappa shape index (κ2) is 16.2. The molecule has 0 saturated carbocycles. The molecule has 2 aromatic carbocycles. The van der Waals surface area contributed by atoms with Crippen molar-refractivity contribution >= 4 is 45.5 Å². The molecule has 0 bridgehead atoms. The lowest BCUT2D eigenvalue weighted by Crippen LogP contribution is -2.31. The van der Waals surface area contributed by atoms with Crippen LogP contribution in [0.1, 0.15) is 11.3 Å². The van der Waals surface area contributed by atoms with Crippen LogP contribution in [0, 0.1) is 11.3 Å². The molecule has 0 aliphatic carbocycles. The first-order valence-electron chi connectivity index (χ1n) is 13.7. The van der Waals surface area contributed by atoms with Crippen molar-refractivity contribution in [1.82, 2.24) is 14.9 Å². The van der Waals surface area contributed by atoms with Crippen molar-refractivity contribution in [1.29, 1.82) is 5.26 Å². The Kier molecular flexibility index (Phi) is 11.9. The third-order valence-corrected chi connectivity index (χ3v) is 6.82. The van der Waals surface area contributed by atoms with E-state index in [0.29, 0.717) is 65.9 Å². The van der Waals surface area contributed by atoms with Crippen LogP contribution in [0.4, 0.5) is 17.1 Å². The zero-order valence-electron chi connectivity index (χ0n) is 24.4. The maximum absolute atomic E-state index is 12.7. The Balaban J connectivity index is 1.51. The van der Waals surface area contributed by atoms with Gasteiger partial charge in [0.1, 0.15) is 24.2 Å². The molecule has 4 aromatic rings. The molecular formula is C32H33ClN6O5. The SMILES string of the molecule is COCCN(C/C=C/C(=O)Nc1cc2c(Nc3ccc(OCc4ccccn4)c(Cl)c3)c(C#N)cnc2cc1O)CCOC. The summed E-state index contributed by atoms with van der Waals surface area (Å²) in [4.78, 5) is 23.4. The highest BCUT2D eigenvalue weighted by atomic mass is 35.5. The van der Waals surface area contributed by atoms with Gasteiger partial charge in [0.25, 0.3) is 0 Å². The number of nitrogens with one attached hydrogen (secondary N) is 2. The summed E-state index contributed by atoms with van der Waals surface area (Å²) in [6, 6.07) is 15.9. The smallest absolute Gasteiger partial charge is 0.248 e. The van der Waals surface area contributed by atoms with Crippen LogP contribution in [0.3, 0.4) is 0 Å². The van der Waals surface area contributed by atoms with Crippen LogP contribution in [0.5, 0.6) is 11.5 Å². The number of pyridine rings is 2. The molecule has 0 saturated heterocycles. The van der Waals surface area contributed by atoms with Crippen LogP contribution in [0.2, 0.25) is 5.02 Å². The quantitative estimate of drug-likeness (QED) is 0.119. The molecule has 0 atom stereocenters. The predicted molar refractivity (Wildman–Crippen MR) is 169 cm³/mol. The molecule has 1 amide bonds. The zero-order chi connectivity index (χ0) is 31.3. The number of carbonyl (C=O) groups is 1. The molecule has 0 fully saturated rings. The number of nitrogens with zero attached hydrogens (tertiary/aromatic N) is 4. The van der Waals surface area contributed by atoms with Gasteiger partial charge >= 0.3 is 0 Å². The molecule has 0 radical (unpaired) electrons. The highest BCUT2D eigenvalue weighted by molar-refractivity contribution is 6.32. The number of hydrogen-bond donors (Lipinski definition) is 3. The van der Waals surface area contributed by atoms with Crippen LogP contribution >= 0.6 is 11.6 Å². The predicted octanol–water partition coefficient (Wildman–Crippen LogP) is 5.27. The van der Waals surface area contributed by atoms with Crippen molar-refractivity contribution in [3.05, 3.63) is 89.4 Å². The molecule has 3 N–H and O–H groups in total. The number of anilines is 3. The highest BCUT2D eigenvalue weighted by Gasteiger charge is 2.15. The van der Waals surface area contributed by atoms with Crippen LogP contribution in [-0.2, 0) is 20.9 Å². The minimum atomic E-state index is -0.426. The summed E-state index contributed by atoms with van der Waals surface area (Å²) in [6.07, 6.45) is 6.24. The molecule has 0 aliphatic heterocycles. The number of phenols is 1. The second-order valence-corrected chi connectivity index (χ2v) is 10.0. The number of ether oxygens (including phenoxy) is 3. The molecule has 2 heterocycles. The fourth-order valence-corrected chi connectivity index (χ4v) is 4.48. The first-order valence-corrected chi connectivity index (χ1v) is 14.1. The number of phenolic OH excluding ortho intramolecular Hbond substituents is 1. The number of rotatable bonds is 15. The van der Waals surface area contributed by atoms with Crippen LogP contribution < -0.4 is 15.4 Å². The summed E-state index contributed by atoms with van der Waals surface area (Å²) >= 11 is 6.50. The van der Waals surface area contributed by atoms with Gasteiger partial charge in [-0.3, -0.25) is 19.7 Å². The van der Waals surface area contributed by atoms with Gasteiger partial charge in [0.15, 0.2) is 0 Å². The normalized spacial score (nSPS) is 11.2. The Bertz CT molecular complexity index is 1640. The number of hydrogen-bond acceptors (Lipinski definition) is 10. The van der Waals surface area contributed by atoms with E-state index in [1.54, 1.807) is 50.8 Å². The summed E-state index contributed by atoms with van der Waals surface area (Å²) in [5, 5.41) is 27.3. The number of nitriles is 1. The summed E-state index contributed by atoms with van der Waals surface area (Å²) in [5.41, 5.74) is 2.65. The summed E-state index contributed by atoms with van der Waals surface area (Å²) in [5.74, 6) is -0.113. The van der Waals surface area contributed by atoms with E-state index in [1.165, 1.54) is 18.3 Å². The van der Waals surface area contributed by atoms with Gasteiger partial charge in [0, 0.05) is 69.5 Å². The van der Waals surface area contributed by atoms with E-state index in [2.05, 4.69) is 31.6 Å². The Morgan fingerprint density at radius 2 is 1.91 bits per heavy atom. The van der Waals surface area contributed by atoms with E-state index in [0.717, 1.165) is 5.69 Å². The van der Waals surface area contributed by atoms with Gasteiger partial charge in [-0.05, 0) is 36.4 Å². The molecule has 0 unspecified atom stereocenters. The Hall–Kier alpha value is -4.73. The minimum Gasteiger partial charge on any atom is -0.506 e. The number of fused-ring (bicyclic) bond motifs is 1. The lowest BCUT2D eigenvalue weighted by molar-refractivity contribution is -0.111. The van der Waals surface area contributed by atoms with E-state index < -0.39 is 5.91 Å². The molecule has 228 valence electrons. The van der Waals surface area contributed by atoms with E-state index in [4.69, 9.17) is 25.8 Å². The van der Waals surface area contributed by atoms with Gasteiger partial charge in [-0.2, -0.15) is 5.26 Å².